The highest BCUT2D eigenvalue weighted by Gasteiger charge is 2.38. The highest BCUT2D eigenvalue weighted by Crippen LogP contribution is 2.48. The van der Waals surface area contributed by atoms with Crippen LogP contribution in [0.25, 0.3) is 4.85 Å². The summed E-state index contributed by atoms with van der Waals surface area (Å²) in [5, 5.41) is 0. The van der Waals surface area contributed by atoms with Crippen LogP contribution in [0.4, 0.5) is 0 Å². The lowest BCUT2D eigenvalue weighted by Crippen LogP contribution is -2.36. The third-order valence-corrected chi connectivity index (χ3v) is 5.52. The molecule has 23 heavy (non-hydrogen) atoms. The van der Waals surface area contributed by atoms with Gasteiger partial charge >= 0.3 is 0 Å². The molecule has 2 radical (unpaired) electrons. The van der Waals surface area contributed by atoms with E-state index in [0.29, 0.717) is 13.0 Å². The molecule has 8 heteroatoms. The average Bonchev–Trinajstić information content (AvgIpc) is 2.84. The van der Waals surface area contributed by atoms with Crippen molar-refractivity contribution in [1.82, 2.24) is 4.67 Å². The number of ether oxygens (including phenoxy) is 2. The summed E-state index contributed by atoms with van der Waals surface area (Å²) in [5.41, 5.74) is 0. The normalized spacial score (nSPS) is 28.7. The largest absolute Gasteiger partial charge is 0.382 e. The maximum atomic E-state index is 7.15. The molecule has 0 saturated carbocycles. The quantitative estimate of drug-likeness (QED) is 0.264. The zero-order chi connectivity index (χ0) is 19.0. The van der Waals surface area contributed by atoms with E-state index in [0.717, 1.165) is 0 Å². The van der Waals surface area contributed by atoms with Gasteiger partial charge < -0.3 is 23.4 Å². The molecule has 1 aliphatic rings. The SMILES string of the molecule is [2H]C([3H])OC[C@@H]1O[C@H]([B])CC1OP(OCC[N+]#[C-])N(C(C)C)C(C)C. The molecule has 0 amide bonds. The highest BCUT2D eigenvalue weighted by molar-refractivity contribution is 7.44. The fourth-order valence-corrected chi connectivity index (χ4v) is 4.25. The molecule has 1 heterocycles. The molecule has 0 aromatic carbocycles. The van der Waals surface area contributed by atoms with Gasteiger partial charge in [-0.2, -0.15) is 0 Å². The fourth-order valence-electron chi connectivity index (χ4n) is 2.51. The van der Waals surface area contributed by atoms with Crippen LogP contribution in [-0.2, 0) is 18.5 Å². The molecule has 1 fully saturated rings. The first-order chi connectivity index (χ1) is 11.8. The summed E-state index contributed by atoms with van der Waals surface area (Å²) >= 11 is 0. The van der Waals surface area contributed by atoms with Gasteiger partial charge in [0.2, 0.25) is 6.54 Å². The standard InChI is InChI=1S/C15H28BN2O4P/c1-11(2)18(12(3)4)23(20-8-7-17-5)22-13-9-15(16)21-14(13)10-19-6/h11-15H,7-10H2,1-4,6H3/t13?,14-,15-,23?/m0/s1/i6TD/t6?,13?,14-,15-,23?. The summed E-state index contributed by atoms with van der Waals surface area (Å²) < 4.78 is 39.2. The predicted molar refractivity (Wildman–Crippen MR) is 92.2 cm³/mol. The van der Waals surface area contributed by atoms with E-state index in [2.05, 4.69) is 37.2 Å². The average molecular weight is 345 g/mol. The number of nitrogens with zero attached hydrogens (tertiary/aromatic N) is 2. The molecular formula is C15H28BN2O4P. The molecule has 0 aromatic heterocycles. The highest BCUT2D eigenvalue weighted by atomic mass is 31.2. The van der Waals surface area contributed by atoms with Crippen molar-refractivity contribution in [3.8, 4) is 0 Å². The number of methoxy groups -OCH3 is 1. The first kappa shape index (κ1) is 17.6. The lowest BCUT2D eigenvalue weighted by Gasteiger charge is -2.37. The second kappa shape index (κ2) is 10.6. The topological polar surface area (TPSA) is 44.5 Å². The van der Waals surface area contributed by atoms with Crippen molar-refractivity contribution in [2.45, 2.75) is 64.4 Å². The first-order valence-electron chi connectivity index (χ1n) is 9.00. The van der Waals surface area contributed by atoms with E-state index >= 15 is 0 Å². The summed E-state index contributed by atoms with van der Waals surface area (Å²) in [6, 6.07) is -0.0635. The number of rotatable bonds is 10. The van der Waals surface area contributed by atoms with Gasteiger partial charge in [-0.25, -0.2) is 11.2 Å². The van der Waals surface area contributed by atoms with Crippen LogP contribution in [0.1, 0.15) is 36.9 Å². The van der Waals surface area contributed by atoms with Gasteiger partial charge in [0.1, 0.15) is 20.6 Å². The van der Waals surface area contributed by atoms with Gasteiger partial charge in [0.15, 0.2) is 0 Å². The second-order valence-electron chi connectivity index (χ2n) is 5.95. The van der Waals surface area contributed by atoms with Gasteiger partial charge in [-0.15, -0.1) is 0 Å². The van der Waals surface area contributed by atoms with E-state index in [1.54, 1.807) is 0 Å². The second-order valence-corrected chi connectivity index (χ2v) is 7.35. The smallest absolute Gasteiger partial charge is 0.259 e. The van der Waals surface area contributed by atoms with Crippen LogP contribution in [0, 0.1) is 6.57 Å². The van der Waals surface area contributed by atoms with Crippen molar-refractivity contribution in [3.63, 3.8) is 0 Å². The van der Waals surface area contributed by atoms with Crippen LogP contribution < -0.4 is 0 Å². The van der Waals surface area contributed by atoms with Crippen molar-refractivity contribution in [1.29, 1.82) is 0 Å². The Morgan fingerprint density at radius 1 is 1.52 bits per heavy atom. The molecule has 0 aromatic rings. The maximum absolute atomic E-state index is 7.15. The molecular weight excluding hydrogens is 314 g/mol. The number of hydrogen-bond donors (Lipinski definition) is 0. The third kappa shape index (κ3) is 6.66. The Labute approximate surface area is 145 Å². The molecule has 130 valence electrons. The maximum Gasteiger partial charge on any atom is 0.259 e. The van der Waals surface area contributed by atoms with Gasteiger partial charge in [-0.05, 0) is 34.1 Å². The Balaban J connectivity index is 2.80. The summed E-state index contributed by atoms with van der Waals surface area (Å²) in [6.45, 7) is 15.8. The Kier molecular flexibility index (Phi) is 8.12. The minimum Gasteiger partial charge on any atom is -0.382 e. The van der Waals surface area contributed by atoms with Gasteiger partial charge in [-0.3, -0.25) is 0 Å². The molecule has 5 atom stereocenters. The Bertz CT molecular complexity index is 421. The molecule has 3 unspecified atom stereocenters. The molecule has 0 N–H and O–H groups in total. The minimum atomic E-state index is -1.39. The first-order valence-corrected chi connectivity index (χ1v) is 8.97. The van der Waals surface area contributed by atoms with Crippen LogP contribution in [0.2, 0.25) is 0 Å². The molecule has 1 saturated heterocycles. The van der Waals surface area contributed by atoms with E-state index in [4.69, 9.17) is 35.7 Å². The molecule has 0 bridgehead atoms. The van der Waals surface area contributed by atoms with Crippen LogP contribution >= 0.6 is 8.53 Å². The Morgan fingerprint density at radius 2 is 2.22 bits per heavy atom. The van der Waals surface area contributed by atoms with Crippen molar-refractivity contribution >= 4 is 16.4 Å². The summed E-state index contributed by atoms with van der Waals surface area (Å²) in [7, 11) is 3.11. The van der Waals surface area contributed by atoms with Crippen LogP contribution in [-0.4, -0.2) is 69.6 Å². The van der Waals surface area contributed by atoms with Crippen molar-refractivity contribution < 1.29 is 21.3 Å². The van der Waals surface area contributed by atoms with Crippen LogP contribution in [0.3, 0.4) is 0 Å². The molecule has 1 aliphatic heterocycles. The lowest BCUT2D eigenvalue weighted by molar-refractivity contribution is -0.0144. The predicted octanol–water partition coefficient (Wildman–Crippen LogP) is 2.58. The summed E-state index contributed by atoms with van der Waals surface area (Å²) in [5.74, 6) is 0. The molecule has 6 nitrogen and oxygen atoms in total. The molecule has 0 spiro atoms. The van der Waals surface area contributed by atoms with E-state index < -0.39 is 27.7 Å². The van der Waals surface area contributed by atoms with E-state index in [1.807, 2.05) is 0 Å². The van der Waals surface area contributed by atoms with Crippen molar-refractivity contribution in [2.75, 3.05) is 26.8 Å². The van der Waals surface area contributed by atoms with E-state index in [-0.39, 0.29) is 31.3 Å². The van der Waals surface area contributed by atoms with Crippen molar-refractivity contribution in [2.24, 2.45) is 0 Å². The van der Waals surface area contributed by atoms with Gasteiger partial charge in [-0.1, -0.05) is 0 Å². The monoisotopic (exact) mass is 345 g/mol. The summed E-state index contributed by atoms with van der Waals surface area (Å²) in [6.07, 6.45) is -0.291. The number of hydrogen-bond acceptors (Lipinski definition) is 5. The van der Waals surface area contributed by atoms with Crippen LogP contribution in [0.5, 0.6) is 0 Å². The Morgan fingerprint density at radius 3 is 2.78 bits per heavy atom. The minimum absolute atomic E-state index is 0.0740. The fraction of sp³-hybridized carbons (Fsp3) is 0.933. The Hall–Kier alpha value is -0.215. The van der Waals surface area contributed by atoms with Gasteiger partial charge in [0, 0.05) is 25.1 Å². The van der Waals surface area contributed by atoms with E-state index in [9.17, 15) is 0 Å². The van der Waals surface area contributed by atoms with Gasteiger partial charge in [0.25, 0.3) is 8.53 Å². The third-order valence-electron chi connectivity index (χ3n) is 3.37. The summed E-state index contributed by atoms with van der Waals surface area (Å²) in [4.78, 5) is 3.32. The van der Waals surface area contributed by atoms with E-state index in [1.165, 1.54) is 0 Å². The zero-order valence-corrected chi connectivity index (χ0v) is 15.2. The molecule has 1 rings (SSSR count). The van der Waals surface area contributed by atoms with Gasteiger partial charge in [0.05, 0.1) is 15.5 Å². The lowest BCUT2D eigenvalue weighted by atomic mass is 9.96. The van der Waals surface area contributed by atoms with Crippen molar-refractivity contribution in [3.05, 3.63) is 11.4 Å². The molecule has 0 aliphatic carbocycles. The zero-order valence-electron chi connectivity index (χ0n) is 16.3. The van der Waals surface area contributed by atoms with Crippen LogP contribution in [0.15, 0.2) is 0 Å².